The third kappa shape index (κ3) is 1.16. The van der Waals surface area contributed by atoms with Gasteiger partial charge in [-0.3, -0.25) is 0 Å². The van der Waals surface area contributed by atoms with Gasteiger partial charge in [0.15, 0.2) is 0 Å². The Morgan fingerprint density at radius 2 is 2.00 bits per heavy atom. The molecule has 60 valence electrons. The Morgan fingerprint density at radius 3 is 2.58 bits per heavy atom. The first-order valence-electron chi connectivity index (χ1n) is 3.52. The van der Waals surface area contributed by atoms with Gasteiger partial charge in [0.2, 0.25) is 0 Å². The minimum absolute atomic E-state index is 0.540. The molecule has 0 amide bonds. The van der Waals surface area contributed by atoms with Crippen LogP contribution in [0.5, 0.6) is 0 Å². The standard InChI is InChI=1S/C7H7N5/c1-6-5-12(11-10-6)7-8-3-2-4-9-7/h2-5H,1H3. The first-order chi connectivity index (χ1) is 5.86. The van der Waals surface area contributed by atoms with Crippen molar-refractivity contribution in [1.29, 1.82) is 0 Å². The number of hydrogen-bond acceptors (Lipinski definition) is 4. The Bertz CT molecular complexity index is 366. The number of nitrogens with zero attached hydrogens (tertiary/aromatic N) is 5. The molecule has 0 aliphatic rings. The number of aryl methyl sites for hydroxylation is 1. The topological polar surface area (TPSA) is 56.5 Å². The zero-order valence-electron chi connectivity index (χ0n) is 6.55. The average molecular weight is 161 g/mol. The van der Waals surface area contributed by atoms with Crippen molar-refractivity contribution in [2.45, 2.75) is 6.92 Å². The first kappa shape index (κ1) is 6.90. The molecule has 0 saturated heterocycles. The van der Waals surface area contributed by atoms with Crippen LogP contribution < -0.4 is 0 Å². The van der Waals surface area contributed by atoms with Crippen molar-refractivity contribution in [1.82, 2.24) is 25.0 Å². The second-order valence-electron chi connectivity index (χ2n) is 2.35. The van der Waals surface area contributed by atoms with E-state index in [1.807, 2.05) is 6.92 Å². The molecule has 0 N–H and O–H groups in total. The van der Waals surface area contributed by atoms with Crippen LogP contribution in [-0.2, 0) is 0 Å². The lowest BCUT2D eigenvalue weighted by Crippen LogP contribution is -2.00. The third-order valence-electron chi connectivity index (χ3n) is 1.36. The normalized spacial score (nSPS) is 10.1. The zero-order chi connectivity index (χ0) is 8.39. The molecule has 2 aromatic rings. The summed E-state index contributed by atoms with van der Waals surface area (Å²) in [6, 6.07) is 1.76. The smallest absolute Gasteiger partial charge is 0.220 e. The van der Waals surface area contributed by atoms with Crippen molar-refractivity contribution in [3.8, 4) is 5.95 Å². The van der Waals surface area contributed by atoms with Crippen molar-refractivity contribution < 1.29 is 0 Å². The summed E-state index contributed by atoms with van der Waals surface area (Å²) >= 11 is 0. The summed E-state index contributed by atoms with van der Waals surface area (Å²) in [5, 5.41) is 7.65. The quantitative estimate of drug-likeness (QED) is 0.606. The SMILES string of the molecule is Cc1cn(-c2ncccn2)nn1. The molecule has 0 aliphatic heterocycles. The molecule has 0 bridgehead atoms. The molecule has 0 atom stereocenters. The van der Waals surface area contributed by atoms with Crippen molar-refractivity contribution in [3.05, 3.63) is 30.4 Å². The molecule has 0 fully saturated rings. The lowest BCUT2D eigenvalue weighted by atomic mass is 10.6. The minimum atomic E-state index is 0.540. The second kappa shape index (κ2) is 2.69. The van der Waals surface area contributed by atoms with E-state index in [4.69, 9.17) is 0 Å². The lowest BCUT2D eigenvalue weighted by molar-refractivity contribution is 0.753. The Labute approximate surface area is 69.1 Å². The Hall–Kier alpha value is -1.78. The van der Waals surface area contributed by atoms with Crippen molar-refractivity contribution in [2.75, 3.05) is 0 Å². The van der Waals surface area contributed by atoms with Crippen LogP contribution in [0.3, 0.4) is 0 Å². The van der Waals surface area contributed by atoms with E-state index in [0.29, 0.717) is 5.95 Å². The van der Waals surface area contributed by atoms with E-state index in [1.165, 1.54) is 4.68 Å². The maximum Gasteiger partial charge on any atom is 0.251 e. The summed E-state index contributed by atoms with van der Waals surface area (Å²) in [6.45, 7) is 1.87. The van der Waals surface area contributed by atoms with Crippen LogP contribution in [0.15, 0.2) is 24.7 Å². The predicted octanol–water partition coefficient (Wildman–Crippen LogP) is 0.366. The maximum atomic E-state index is 4.01. The molecular weight excluding hydrogens is 154 g/mol. The van der Waals surface area contributed by atoms with E-state index in [0.717, 1.165) is 5.69 Å². The van der Waals surface area contributed by atoms with Gasteiger partial charge in [-0.25, -0.2) is 9.97 Å². The fourth-order valence-electron chi connectivity index (χ4n) is 0.855. The molecule has 0 aromatic carbocycles. The number of aromatic nitrogens is 5. The van der Waals surface area contributed by atoms with Gasteiger partial charge in [-0.15, -0.1) is 5.10 Å². The maximum absolute atomic E-state index is 4.01. The van der Waals surface area contributed by atoms with Crippen molar-refractivity contribution >= 4 is 0 Å². The second-order valence-corrected chi connectivity index (χ2v) is 2.35. The van der Waals surface area contributed by atoms with E-state index < -0.39 is 0 Å². The van der Waals surface area contributed by atoms with Gasteiger partial charge < -0.3 is 0 Å². The number of hydrogen-bond donors (Lipinski definition) is 0. The van der Waals surface area contributed by atoms with Gasteiger partial charge in [-0.2, -0.15) is 4.68 Å². The summed E-state index contributed by atoms with van der Waals surface area (Å²) in [6.07, 6.45) is 5.11. The summed E-state index contributed by atoms with van der Waals surface area (Å²) in [5.74, 6) is 0.540. The van der Waals surface area contributed by atoms with Gasteiger partial charge in [-0.05, 0) is 13.0 Å². The fraction of sp³-hybridized carbons (Fsp3) is 0.143. The monoisotopic (exact) mass is 161 g/mol. The molecular formula is C7H7N5. The lowest BCUT2D eigenvalue weighted by Gasteiger charge is -1.93. The highest BCUT2D eigenvalue weighted by Crippen LogP contribution is 1.96. The van der Waals surface area contributed by atoms with Crippen LogP contribution in [0.25, 0.3) is 5.95 Å². The van der Waals surface area contributed by atoms with Gasteiger partial charge in [0.05, 0.1) is 11.9 Å². The molecule has 0 radical (unpaired) electrons. The molecule has 0 unspecified atom stereocenters. The van der Waals surface area contributed by atoms with Crippen LogP contribution in [0.2, 0.25) is 0 Å². The predicted molar refractivity (Wildman–Crippen MR) is 41.7 cm³/mol. The summed E-state index contributed by atoms with van der Waals surface area (Å²) in [7, 11) is 0. The van der Waals surface area contributed by atoms with Gasteiger partial charge in [0, 0.05) is 12.4 Å². The van der Waals surface area contributed by atoms with Gasteiger partial charge in [-0.1, -0.05) is 5.21 Å². The highest BCUT2D eigenvalue weighted by molar-refractivity contribution is 5.07. The van der Waals surface area contributed by atoms with E-state index in [9.17, 15) is 0 Å². The Morgan fingerprint density at radius 1 is 1.25 bits per heavy atom. The molecule has 5 nitrogen and oxygen atoms in total. The van der Waals surface area contributed by atoms with Gasteiger partial charge in [0.25, 0.3) is 5.95 Å². The fourth-order valence-corrected chi connectivity index (χ4v) is 0.855. The zero-order valence-corrected chi connectivity index (χ0v) is 6.55. The third-order valence-corrected chi connectivity index (χ3v) is 1.36. The molecule has 12 heavy (non-hydrogen) atoms. The summed E-state index contributed by atoms with van der Waals surface area (Å²) < 4.78 is 1.54. The van der Waals surface area contributed by atoms with Crippen LogP contribution in [-0.4, -0.2) is 25.0 Å². The average Bonchev–Trinajstić information content (AvgIpc) is 2.54. The molecule has 2 rings (SSSR count). The largest absolute Gasteiger partial charge is 0.251 e. The first-order valence-corrected chi connectivity index (χ1v) is 3.52. The Kier molecular flexibility index (Phi) is 1.55. The van der Waals surface area contributed by atoms with Crippen molar-refractivity contribution in [3.63, 3.8) is 0 Å². The molecule has 0 spiro atoms. The van der Waals surface area contributed by atoms with E-state index >= 15 is 0 Å². The minimum Gasteiger partial charge on any atom is -0.220 e. The van der Waals surface area contributed by atoms with E-state index in [1.54, 1.807) is 24.7 Å². The highest BCUT2D eigenvalue weighted by Gasteiger charge is 1.99. The molecule has 2 aromatic heterocycles. The van der Waals surface area contributed by atoms with Crippen LogP contribution in [0.1, 0.15) is 5.69 Å². The summed E-state index contributed by atoms with van der Waals surface area (Å²) in [5.41, 5.74) is 0.849. The molecule has 2 heterocycles. The molecule has 0 saturated carbocycles. The summed E-state index contributed by atoms with van der Waals surface area (Å²) in [4.78, 5) is 8.02. The molecule has 0 aliphatic carbocycles. The number of rotatable bonds is 1. The van der Waals surface area contributed by atoms with E-state index in [-0.39, 0.29) is 0 Å². The Balaban J connectivity index is 2.45. The van der Waals surface area contributed by atoms with Crippen LogP contribution in [0.4, 0.5) is 0 Å². The van der Waals surface area contributed by atoms with E-state index in [2.05, 4.69) is 20.3 Å². The van der Waals surface area contributed by atoms with Crippen LogP contribution in [0, 0.1) is 6.92 Å². The van der Waals surface area contributed by atoms with Crippen LogP contribution >= 0.6 is 0 Å². The molecule has 5 heteroatoms. The highest BCUT2D eigenvalue weighted by atomic mass is 15.5. The van der Waals surface area contributed by atoms with Gasteiger partial charge in [0.1, 0.15) is 0 Å². The van der Waals surface area contributed by atoms with Crippen molar-refractivity contribution in [2.24, 2.45) is 0 Å². The van der Waals surface area contributed by atoms with Gasteiger partial charge >= 0.3 is 0 Å².